The van der Waals surface area contributed by atoms with Gasteiger partial charge in [-0.15, -0.1) is 0 Å². The Kier molecular flexibility index (Phi) is 9.40. The molecule has 4 N–H and O–H groups in total. The van der Waals surface area contributed by atoms with Crippen LogP contribution in [0.5, 0.6) is 5.75 Å². The molecule has 0 aliphatic carbocycles. The van der Waals surface area contributed by atoms with Crippen molar-refractivity contribution in [3.63, 3.8) is 0 Å². The molecule has 1 fully saturated rings. The van der Waals surface area contributed by atoms with E-state index >= 15 is 0 Å². The molecule has 212 valence electrons. The van der Waals surface area contributed by atoms with Crippen molar-refractivity contribution in [3.05, 3.63) is 102 Å². The number of ether oxygens (including phenoxy) is 2. The number of aliphatic hydroxyl groups excluding tert-OH is 3. The quantitative estimate of drug-likeness (QED) is 0.227. The van der Waals surface area contributed by atoms with Crippen LogP contribution in [0.3, 0.4) is 0 Å². The Morgan fingerprint density at radius 2 is 1.35 bits per heavy atom. The van der Waals surface area contributed by atoms with Gasteiger partial charge in [0.25, 0.3) is 0 Å². The summed E-state index contributed by atoms with van der Waals surface area (Å²) in [4.78, 5) is 11.5. The number of allylic oxidation sites excluding steroid dienone is 1. The molecule has 8 nitrogen and oxygen atoms in total. The van der Waals surface area contributed by atoms with Crippen LogP contribution in [0, 0.1) is 0 Å². The molecule has 3 aromatic carbocycles. The first-order valence-electron chi connectivity index (χ1n) is 13.5. The molecule has 0 radical (unpaired) electrons. The van der Waals surface area contributed by atoms with E-state index in [1.165, 1.54) is 11.1 Å². The van der Waals surface area contributed by atoms with E-state index in [-0.39, 0.29) is 11.1 Å². The smallest absolute Gasteiger partial charge is 0.335 e. The lowest BCUT2D eigenvalue weighted by molar-refractivity contribution is -0.944. The summed E-state index contributed by atoms with van der Waals surface area (Å²) in [5.74, 6) is -0.736. The Morgan fingerprint density at radius 1 is 0.800 bits per heavy atom. The fourth-order valence-corrected chi connectivity index (χ4v) is 5.17. The molecule has 0 saturated carbocycles. The highest BCUT2D eigenvalue weighted by Crippen LogP contribution is 2.35. The molecular formula is C32H38NO7+. The van der Waals surface area contributed by atoms with Crippen molar-refractivity contribution in [2.45, 2.75) is 44.0 Å². The molecule has 1 aliphatic rings. The maximum absolute atomic E-state index is 11.5. The maximum Gasteiger partial charge on any atom is 0.335 e. The van der Waals surface area contributed by atoms with Crippen molar-refractivity contribution >= 4 is 17.1 Å². The van der Waals surface area contributed by atoms with E-state index in [0.29, 0.717) is 12.3 Å². The monoisotopic (exact) mass is 548 g/mol. The number of quaternary nitrogens is 1. The molecule has 1 heterocycles. The first-order chi connectivity index (χ1) is 19.1. The number of carbonyl (C=O) groups is 1. The molecule has 0 bridgehead atoms. The largest absolute Gasteiger partial charge is 0.488 e. The number of likely N-dealkylation sites (N-methyl/N-ethyl adjacent to an activating group) is 1. The number of rotatable bonds is 10. The van der Waals surface area contributed by atoms with E-state index < -0.39 is 36.6 Å². The lowest BCUT2D eigenvalue weighted by Crippen LogP contribution is -2.68. The second-order valence-corrected chi connectivity index (χ2v) is 10.6. The third kappa shape index (κ3) is 6.43. The minimum atomic E-state index is -1.72. The zero-order chi connectivity index (χ0) is 28.9. The number of aliphatic hydroxyl groups is 3. The zero-order valence-electron chi connectivity index (χ0n) is 23.1. The molecule has 40 heavy (non-hydrogen) atoms. The number of hydrogen-bond acceptors (Lipinski definition) is 6. The van der Waals surface area contributed by atoms with Gasteiger partial charge in [-0.2, -0.15) is 0 Å². The minimum Gasteiger partial charge on any atom is -0.488 e. The van der Waals surface area contributed by atoms with Crippen LogP contribution in [0.15, 0.2) is 84.9 Å². The van der Waals surface area contributed by atoms with E-state index in [1.807, 2.05) is 60.7 Å². The van der Waals surface area contributed by atoms with Gasteiger partial charge in [-0.3, -0.25) is 4.48 Å². The molecule has 0 aromatic heterocycles. The third-order valence-electron chi connectivity index (χ3n) is 7.44. The van der Waals surface area contributed by atoms with Gasteiger partial charge >= 0.3 is 5.97 Å². The van der Waals surface area contributed by atoms with Crippen molar-refractivity contribution in [1.82, 2.24) is 0 Å². The molecule has 5 unspecified atom stereocenters. The van der Waals surface area contributed by atoms with Crippen molar-refractivity contribution in [2.24, 2.45) is 0 Å². The van der Waals surface area contributed by atoms with Crippen molar-refractivity contribution < 1.29 is 39.2 Å². The molecule has 1 aliphatic heterocycles. The zero-order valence-corrected chi connectivity index (χ0v) is 23.1. The normalized spacial score (nSPS) is 23.8. The van der Waals surface area contributed by atoms with E-state index in [4.69, 9.17) is 9.47 Å². The van der Waals surface area contributed by atoms with Gasteiger partial charge in [-0.25, -0.2) is 4.79 Å². The molecule has 0 spiro atoms. The third-order valence-corrected chi connectivity index (χ3v) is 7.44. The minimum absolute atomic E-state index is 0.0185. The fraction of sp³-hybridized carbons (Fsp3) is 0.344. The Morgan fingerprint density at radius 3 is 1.90 bits per heavy atom. The predicted octanol–water partition coefficient (Wildman–Crippen LogP) is 3.40. The number of aliphatic carboxylic acids is 1. The van der Waals surface area contributed by atoms with Crippen molar-refractivity contribution in [1.29, 1.82) is 0 Å². The second-order valence-electron chi connectivity index (χ2n) is 10.6. The highest BCUT2D eigenvalue weighted by Gasteiger charge is 2.52. The average Bonchev–Trinajstić information content (AvgIpc) is 2.95. The van der Waals surface area contributed by atoms with Gasteiger partial charge in [0.2, 0.25) is 6.23 Å². The lowest BCUT2D eigenvalue weighted by Gasteiger charge is -2.46. The van der Waals surface area contributed by atoms with Gasteiger partial charge in [0.05, 0.1) is 14.1 Å². The lowest BCUT2D eigenvalue weighted by atomic mass is 9.88. The van der Waals surface area contributed by atoms with Gasteiger partial charge in [0, 0.05) is 0 Å². The Labute approximate surface area is 234 Å². The van der Waals surface area contributed by atoms with Crippen LogP contribution < -0.4 is 4.74 Å². The van der Waals surface area contributed by atoms with E-state index in [1.54, 1.807) is 14.1 Å². The number of nitrogens with zero attached hydrogens (tertiary/aromatic N) is 1. The average molecular weight is 549 g/mol. The van der Waals surface area contributed by atoms with Crippen LogP contribution >= 0.6 is 0 Å². The van der Waals surface area contributed by atoms with Gasteiger partial charge in [0.1, 0.15) is 31.1 Å². The molecule has 1 saturated heterocycles. The summed E-state index contributed by atoms with van der Waals surface area (Å²) in [6.45, 7) is 2.76. The van der Waals surface area contributed by atoms with Crippen molar-refractivity contribution in [2.75, 3.05) is 27.2 Å². The van der Waals surface area contributed by atoms with Crippen LogP contribution in [-0.2, 0) is 9.53 Å². The predicted molar refractivity (Wildman–Crippen MR) is 152 cm³/mol. The van der Waals surface area contributed by atoms with E-state index in [9.17, 15) is 25.2 Å². The van der Waals surface area contributed by atoms with Crippen LogP contribution in [0.4, 0.5) is 0 Å². The summed E-state index contributed by atoms with van der Waals surface area (Å²) in [7, 11) is 3.49. The summed E-state index contributed by atoms with van der Waals surface area (Å²) in [5.41, 5.74) is 5.79. The number of benzene rings is 3. The number of carboxylic acids is 1. The van der Waals surface area contributed by atoms with E-state index in [0.717, 1.165) is 23.1 Å². The standard InChI is InChI=1S/C32H37NO7/c1-4-25(21-11-7-5-8-12-21)26(22-13-9-6-10-14-22)23-15-17-24(18-16-23)39-20-19-33(2,3)31-29(36)27(34)28(35)30(40-31)32(37)38/h5-18,27-31,34-36H,4,19-20H2,1-3H3/p+1. The van der Waals surface area contributed by atoms with Gasteiger partial charge < -0.3 is 29.9 Å². The van der Waals surface area contributed by atoms with Crippen LogP contribution in [0.25, 0.3) is 11.1 Å². The van der Waals surface area contributed by atoms with Crippen molar-refractivity contribution in [3.8, 4) is 5.75 Å². The van der Waals surface area contributed by atoms with Gasteiger partial charge in [-0.05, 0) is 46.4 Å². The Balaban J connectivity index is 1.50. The van der Waals surface area contributed by atoms with Crippen LogP contribution in [0.1, 0.15) is 30.0 Å². The van der Waals surface area contributed by atoms with E-state index in [2.05, 4.69) is 31.2 Å². The SMILES string of the molecule is CCC(=C(c1ccccc1)c1ccc(OCC[N+](C)(C)C2OC(C(=O)O)C(O)C(O)C2O)cc1)c1ccccc1. The van der Waals surface area contributed by atoms with Gasteiger partial charge in [0.15, 0.2) is 12.2 Å². The fourth-order valence-electron chi connectivity index (χ4n) is 5.17. The second kappa shape index (κ2) is 12.8. The summed E-state index contributed by atoms with van der Waals surface area (Å²) < 4.78 is 11.5. The molecule has 0 amide bonds. The Hall–Kier alpha value is -3.53. The number of carboxylic acid groups (broad SMARTS) is 1. The highest BCUT2D eigenvalue weighted by atomic mass is 16.6. The summed E-state index contributed by atoms with van der Waals surface area (Å²) in [5, 5.41) is 40.0. The molecule has 4 rings (SSSR count). The summed E-state index contributed by atoms with van der Waals surface area (Å²) in [6.07, 6.45) is -6.65. The molecule has 5 atom stereocenters. The highest BCUT2D eigenvalue weighted by molar-refractivity contribution is 5.98. The van der Waals surface area contributed by atoms with Crippen LogP contribution in [-0.4, -0.2) is 88.8 Å². The molecule has 8 heteroatoms. The van der Waals surface area contributed by atoms with Gasteiger partial charge in [-0.1, -0.05) is 79.7 Å². The molecular weight excluding hydrogens is 510 g/mol. The topological polar surface area (TPSA) is 116 Å². The summed E-state index contributed by atoms with van der Waals surface area (Å²) in [6, 6.07) is 28.6. The maximum atomic E-state index is 11.5. The summed E-state index contributed by atoms with van der Waals surface area (Å²) >= 11 is 0. The first-order valence-corrected chi connectivity index (χ1v) is 13.5. The molecule has 3 aromatic rings. The number of hydrogen-bond donors (Lipinski definition) is 4. The van der Waals surface area contributed by atoms with Crippen LogP contribution in [0.2, 0.25) is 0 Å². The first kappa shape index (κ1) is 29.5. The Bertz CT molecular complexity index is 1290.